The average molecular weight is 335 g/mol. The lowest BCUT2D eigenvalue weighted by molar-refractivity contribution is -0.121. The Bertz CT molecular complexity index is 685. The summed E-state index contributed by atoms with van der Waals surface area (Å²) in [6.07, 6.45) is 3.87. The van der Waals surface area contributed by atoms with Crippen LogP contribution in [-0.4, -0.2) is 35.8 Å². The third-order valence-electron chi connectivity index (χ3n) is 4.40. The van der Waals surface area contributed by atoms with Crippen LogP contribution in [-0.2, 0) is 11.8 Å². The first kappa shape index (κ1) is 17.5. The van der Waals surface area contributed by atoms with Gasteiger partial charge in [-0.25, -0.2) is 0 Å². The fourth-order valence-electron chi connectivity index (χ4n) is 3.13. The fourth-order valence-corrected chi connectivity index (χ4v) is 3.13. The summed E-state index contributed by atoms with van der Waals surface area (Å²) in [5, 5.41) is 7.58. The van der Waals surface area contributed by atoms with Gasteiger partial charge in [0.25, 0.3) is 0 Å². The van der Waals surface area contributed by atoms with Crippen molar-refractivity contribution >= 4 is 24.0 Å². The van der Waals surface area contributed by atoms with Crippen LogP contribution in [0.4, 0.5) is 5.69 Å². The van der Waals surface area contributed by atoms with E-state index in [4.69, 9.17) is 0 Å². The lowest BCUT2D eigenvalue weighted by Crippen LogP contribution is -2.36. The van der Waals surface area contributed by atoms with Gasteiger partial charge in [0.1, 0.15) is 0 Å². The molecule has 23 heavy (non-hydrogen) atoms. The number of halogens is 1. The van der Waals surface area contributed by atoms with Gasteiger partial charge in [0, 0.05) is 45.0 Å². The lowest BCUT2D eigenvalue weighted by Gasteiger charge is -2.24. The summed E-state index contributed by atoms with van der Waals surface area (Å²) in [6, 6.07) is 8.04. The number of carbonyl (C=O) groups is 1. The third-order valence-corrected chi connectivity index (χ3v) is 4.40. The van der Waals surface area contributed by atoms with Crippen LogP contribution in [0.25, 0.3) is 0 Å². The summed E-state index contributed by atoms with van der Waals surface area (Å²) in [5.74, 6) is 0.299. The van der Waals surface area contributed by atoms with E-state index < -0.39 is 0 Å². The molecule has 3 rings (SSSR count). The van der Waals surface area contributed by atoms with Gasteiger partial charge in [-0.3, -0.25) is 9.48 Å². The number of anilines is 1. The second kappa shape index (κ2) is 7.15. The van der Waals surface area contributed by atoms with Crippen LogP contribution in [0.3, 0.4) is 0 Å². The van der Waals surface area contributed by atoms with E-state index in [9.17, 15) is 4.79 Å². The number of rotatable bonds is 3. The zero-order valence-electron chi connectivity index (χ0n) is 13.7. The zero-order chi connectivity index (χ0) is 15.7. The summed E-state index contributed by atoms with van der Waals surface area (Å²) in [4.78, 5) is 14.7. The summed E-state index contributed by atoms with van der Waals surface area (Å²) in [5.41, 5.74) is 3.23. The van der Waals surface area contributed by atoms with Crippen molar-refractivity contribution in [1.82, 2.24) is 15.1 Å². The second-order valence-corrected chi connectivity index (χ2v) is 6.05. The largest absolute Gasteiger partial charge is 0.315 e. The number of carbonyl (C=O) groups excluding carboxylic acids is 1. The Labute approximate surface area is 143 Å². The number of hydrogen-bond acceptors (Lipinski definition) is 3. The van der Waals surface area contributed by atoms with Gasteiger partial charge in [-0.2, -0.15) is 5.10 Å². The molecule has 1 N–H and O–H groups in total. The van der Waals surface area contributed by atoms with Gasteiger partial charge in [-0.1, -0.05) is 12.1 Å². The highest BCUT2D eigenvalue weighted by Gasteiger charge is 2.36. The molecule has 2 aromatic rings. The topological polar surface area (TPSA) is 50.2 Å². The first-order valence-electron chi connectivity index (χ1n) is 7.60. The SMILES string of the molecule is Cc1cccc(N(C)C(=O)[C@H]2CNC[C@@H]2c2cnn(C)c2)c1.Cl. The van der Waals surface area contributed by atoms with Crippen molar-refractivity contribution in [2.75, 3.05) is 25.0 Å². The Morgan fingerprint density at radius 1 is 1.39 bits per heavy atom. The van der Waals surface area contributed by atoms with E-state index in [2.05, 4.69) is 10.4 Å². The van der Waals surface area contributed by atoms with E-state index >= 15 is 0 Å². The van der Waals surface area contributed by atoms with Gasteiger partial charge in [0.15, 0.2) is 0 Å². The number of nitrogens with zero attached hydrogens (tertiary/aromatic N) is 3. The molecule has 124 valence electrons. The van der Waals surface area contributed by atoms with Gasteiger partial charge < -0.3 is 10.2 Å². The van der Waals surface area contributed by atoms with Gasteiger partial charge >= 0.3 is 0 Å². The molecule has 1 aromatic heterocycles. The predicted octanol–water partition coefficient (Wildman–Crippen LogP) is 2.12. The molecular weight excluding hydrogens is 312 g/mol. The lowest BCUT2D eigenvalue weighted by atomic mass is 9.90. The Morgan fingerprint density at radius 3 is 2.83 bits per heavy atom. The zero-order valence-corrected chi connectivity index (χ0v) is 14.5. The van der Waals surface area contributed by atoms with Crippen LogP contribution in [0, 0.1) is 12.8 Å². The maximum atomic E-state index is 12.9. The molecule has 0 saturated carbocycles. The molecule has 0 unspecified atom stereocenters. The molecule has 1 fully saturated rings. The first-order chi connectivity index (χ1) is 10.6. The third kappa shape index (κ3) is 3.57. The molecule has 0 spiro atoms. The van der Waals surface area contributed by atoms with Crippen molar-refractivity contribution < 1.29 is 4.79 Å². The van der Waals surface area contributed by atoms with Crippen molar-refractivity contribution in [2.24, 2.45) is 13.0 Å². The standard InChI is InChI=1S/C17H22N4O.ClH/c1-12-5-4-6-14(7-12)21(3)17(22)16-10-18-9-15(16)13-8-19-20(2)11-13;/h4-8,11,15-16,18H,9-10H2,1-3H3;1H/t15-,16+;/m1./s1. The number of hydrogen-bond donors (Lipinski definition) is 1. The van der Waals surface area contributed by atoms with E-state index in [1.807, 2.05) is 57.7 Å². The molecule has 0 radical (unpaired) electrons. The smallest absolute Gasteiger partial charge is 0.231 e. The van der Waals surface area contributed by atoms with Crippen LogP contribution in [0.1, 0.15) is 17.0 Å². The minimum absolute atomic E-state index is 0. The number of aromatic nitrogens is 2. The highest BCUT2D eigenvalue weighted by atomic mass is 35.5. The maximum Gasteiger partial charge on any atom is 0.231 e. The molecule has 1 saturated heterocycles. The number of amides is 1. The van der Waals surface area contributed by atoms with Gasteiger partial charge in [-0.05, 0) is 30.2 Å². The van der Waals surface area contributed by atoms with E-state index in [1.54, 1.807) is 9.58 Å². The Kier molecular flexibility index (Phi) is 5.44. The van der Waals surface area contributed by atoms with Crippen LogP contribution < -0.4 is 10.2 Å². The second-order valence-electron chi connectivity index (χ2n) is 6.05. The molecule has 0 bridgehead atoms. The normalized spacial score (nSPS) is 20.1. The predicted molar refractivity (Wildman–Crippen MR) is 94.1 cm³/mol. The van der Waals surface area contributed by atoms with Gasteiger partial charge in [0.2, 0.25) is 5.91 Å². The van der Waals surface area contributed by atoms with Crippen LogP contribution in [0.15, 0.2) is 36.7 Å². The molecule has 1 aliphatic rings. The molecule has 6 heteroatoms. The minimum Gasteiger partial charge on any atom is -0.315 e. The Morgan fingerprint density at radius 2 is 2.17 bits per heavy atom. The van der Waals surface area contributed by atoms with Crippen molar-refractivity contribution in [2.45, 2.75) is 12.8 Å². The van der Waals surface area contributed by atoms with Crippen LogP contribution >= 0.6 is 12.4 Å². The molecule has 5 nitrogen and oxygen atoms in total. The van der Waals surface area contributed by atoms with Crippen molar-refractivity contribution in [1.29, 1.82) is 0 Å². The quantitative estimate of drug-likeness (QED) is 0.935. The molecule has 1 amide bonds. The van der Waals surface area contributed by atoms with Crippen LogP contribution in [0.2, 0.25) is 0 Å². The van der Waals surface area contributed by atoms with E-state index in [-0.39, 0.29) is 30.2 Å². The molecule has 1 aromatic carbocycles. The molecule has 2 atom stereocenters. The average Bonchev–Trinajstić information content (AvgIpc) is 3.14. The van der Waals surface area contributed by atoms with E-state index in [0.717, 1.165) is 23.4 Å². The number of nitrogens with one attached hydrogen (secondary N) is 1. The Hall–Kier alpha value is -1.85. The van der Waals surface area contributed by atoms with Gasteiger partial charge in [-0.15, -0.1) is 12.4 Å². The Balaban J connectivity index is 0.00000192. The monoisotopic (exact) mass is 334 g/mol. The first-order valence-corrected chi connectivity index (χ1v) is 7.60. The molecular formula is C17H23ClN4O. The summed E-state index contributed by atoms with van der Waals surface area (Å²) >= 11 is 0. The maximum absolute atomic E-state index is 12.9. The summed E-state index contributed by atoms with van der Waals surface area (Å²) < 4.78 is 1.79. The van der Waals surface area contributed by atoms with Crippen molar-refractivity contribution in [3.63, 3.8) is 0 Å². The van der Waals surface area contributed by atoms with Crippen LogP contribution in [0.5, 0.6) is 0 Å². The highest BCUT2D eigenvalue weighted by Crippen LogP contribution is 2.30. The van der Waals surface area contributed by atoms with Gasteiger partial charge in [0.05, 0.1) is 12.1 Å². The fraction of sp³-hybridized carbons (Fsp3) is 0.412. The molecule has 1 aliphatic heterocycles. The van der Waals surface area contributed by atoms with E-state index in [1.165, 1.54) is 0 Å². The minimum atomic E-state index is -0.0466. The number of aryl methyl sites for hydroxylation is 2. The number of benzene rings is 1. The van der Waals surface area contributed by atoms with Crippen molar-refractivity contribution in [3.05, 3.63) is 47.8 Å². The summed E-state index contributed by atoms with van der Waals surface area (Å²) in [7, 11) is 3.76. The van der Waals surface area contributed by atoms with Crippen molar-refractivity contribution in [3.8, 4) is 0 Å². The van der Waals surface area contributed by atoms with E-state index in [0.29, 0.717) is 6.54 Å². The molecule has 0 aliphatic carbocycles. The summed E-state index contributed by atoms with van der Waals surface area (Å²) in [6.45, 7) is 3.58. The molecule has 2 heterocycles. The highest BCUT2D eigenvalue weighted by molar-refractivity contribution is 5.95.